The van der Waals surface area contributed by atoms with Crippen molar-refractivity contribution in [1.82, 2.24) is 30.0 Å². The number of carbonyl (C=O) groups excluding carboxylic acids is 1. The van der Waals surface area contributed by atoms with Crippen LogP contribution >= 0.6 is 0 Å². The number of nitrogens with zero attached hydrogens (tertiary/aromatic N) is 5. The van der Waals surface area contributed by atoms with Crippen LogP contribution in [0, 0.1) is 6.92 Å². The molecule has 21 heavy (non-hydrogen) atoms. The van der Waals surface area contributed by atoms with E-state index in [2.05, 4.69) is 25.1 Å². The molecular weight excluding hydrogens is 270 g/mol. The highest BCUT2D eigenvalue weighted by atomic mass is 16.2. The highest BCUT2D eigenvalue weighted by molar-refractivity contribution is 5.96. The Bertz CT molecular complexity index is 650. The molecule has 1 amide bonds. The number of nitrogens with two attached hydrogens (primary N) is 1. The zero-order valence-corrected chi connectivity index (χ0v) is 12.6. The lowest BCUT2D eigenvalue weighted by Crippen LogP contribution is -2.29. The number of anilines is 1. The molecule has 0 aliphatic carbocycles. The van der Waals surface area contributed by atoms with E-state index in [1.54, 1.807) is 14.0 Å². The number of carbonyl (C=O) groups is 1. The normalized spacial score (nSPS) is 10.9. The first kappa shape index (κ1) is 14.9. The summed E-state index contributed by atoms with van der Waals surface area (Å²) in [6.07, 6.45) is 1.47. The first-order valence-electron chi connectivity index (χ1n) is 6.64. The standard InChI is InChI=1S/C13H19N7O/c1-7(2)12-15-5-9(14)11(17-12)13(21)20(4)6-10-16-8(3)18-19-10/h5,7H,6,14H2,1-4H3,(H,16,18,19). The Hall–Kier alpha value is -2.51. The maximum absolute atomic E-state index is 12.4. The fourth-order valence-corrected chi connectivity index (χ4v) is 1.78. The Balaban J connectivity index is 2.20. The fourth-order valence-electron chi connectivity index (χ4n) is 1.78. The zero-order valence-electron chi connectivity index (χ0n) is 12.6. The SMILES string of the molecule is Cc1nc(CN(C)C(=O)c2nc(C(C)C)ncc2N)n[nH]1. The van der Waals surface area contributed by atoms with Gasteiger partial charge in [-0.3, -0.25) is 9.89 Å². The van der Waals surface area contributed by atoms with Gasteiger partial charge in [0.1, 0.15) is 11.6 Å². The van der Waals surface area contributed by atoms with Gasteiger partial charge in [0.2, 0.25) is 0 Å². The maximum atomic E-state index is 12.4. The minimum absolute atomic E-state index is 0.123. The summed E-state index contributed by atoms with van der Waals surface area (Å²) in [6.45, 7) is 6.00. The predicted molar refractivity (Wildman–Crippen MR) is 77.5 cm³/mol. The van der Waals surface area contributed by atoms with Crippen LogP contribution in [-0.4, -0.2) is 43.0 Å². The zero-order chi connectivity index (χ0) is 15.6. The third-order valence-electron chi connectivity index (χ3n) is 2.92. The van der Waals surface area contributed by atoms with Crippen molar-refractivity contribution in [2.75, 3.05) is 12.8 Å². The van der Waals surface area contributed by atoms with Crippen LogP contribution in [0.2, 0.25) is 0 Å². The van der Waals surface area contributed by atoms with Gasteiger partial charge in [-0.25, -0.2) is 15.0 Å². The fraction of sp³-hybridized carbons (Fsp3) is 0.462. The van der Waals surface area contributed by atoms with Crippen molar-refractivity contribution in [3.8, 4) is 0 Å². The van der Waals surface area contributed by atoms with Crippen LogP contribution in [0.1, 0.15) is 47.7 Å². The third kappa shape index (κ3) is 3.33. The molecule has 2 rings (SSSR count). The molecule has 0 aromatic carbocycles. The number of nitrogen functional groups attached to an aromatic ring is 1. The minimum Gasteiger partial charge on any atom is -0.396 e. The number of hydrogen-bond donors (Lipinski definition) is 2. The third-order valence-corrected chi connectivity index (χ3v) is 2.92. The molecule has 8 nitrogen and oxygen atoms in total. The summed E-state index contributed by atoms with van der Waals surface area (Å²) in [5.74, 6) is 1.68. The Labute approximate surface area is 122 Å². The minimum atomic E-state index is -0.278. The molecule has 0 unspecified atom stereocenters. The van der Waals surface area contributed by atoms with Gasteiger partial charge >= 0.3 is 0 Å². The number of H-pyrrole nitrogens is 1. The number of nitrogens with one attached hydrogen (secondary N) is 1. The Morgan fingerprint density at radius 1 is 1.43 bits per heavy atom. The monoisotopic (exact) mass is 289 g/mol. The molecule has 2 aromatic heterocycles. The number of aromatic nitrogens is 5. The lowest BCUT2D eigenvalue weighted by Gasteiger charge is -2.16. The van der Waals surface area contributed by atoms with Crippen molar-refractivity contribution in [3.63, 3.8) is 0 Å². The number of aryl methyl sites for hydroxylation is 1. The number of aromatic amines is 1. The molecule has 0 aliphatic rings. The second-order valence-electron chi connectivity index (χ2n) is 5.19. The van der Waals surface area contributed by atoms with E-state index in [9.17, 15) is 4.79 Å². The van der Waals surface area contributed by atoms with E-state index in [1.165, 1.54) is 11.1 Å². The smallest absolute Gasteiger partial charge is 0.274 e. The highest BCUT2D eigenvalue weighted by Gasteiger charge is 2.19. The molecule has 2 aromatic rings. The van der Waals surface area contributed by atoms with Crippen molar-refractivity contribution >= 4 is 11.6 Å². The lowest BCUT2D eigenvalue weighted by atomic mass is 10.2. The van der Waals surface area contributed by atoms with Gasteiger partial charge in [0.05, 0.1) is 18.4 Å². The molecular formula is C13H19N7O. The van der Waals surface area contributed by atoms with Gasteiger partial charge in [-0.2, -0.15) is 5.10 Å². The van der Waals surface area contributed by atoms with Gasteiger partial charge in [0, 0.05) is 13.0 Å². The molecule has 112 valence electrons. The topological polar surface area (TPSA) is 114 Å². The molecule has 0 saturated carbocycles. The Morgan fingerprint density at radius 3 is 2.71 bits per heavy atom. The van der Waals surface area contributed by atoms with E-state index in [4.69, 9.17) is 5.73 Å². The van der Waals surface area contributed by atoms with Crippen LogP contribution in [0.4, 0.5) is 5.69 Å². The van der Waals surface area contributed by atoms with Gasteiger partial charge in [-0.15, -0.1) is 0 Å². The van der Waals surface area contributed by atoms with Crippen LogP contribution in [0.15, 0.2) is 6.20 Å². The Kier molecular flexibility index (Phi) is 4.15. The van der Waals surface area contributed by atoms with Gasteiger partial charge in [-0.05, 0) is 6.92 Å². The van der Waals surface area contributed by atoms with Crippen LogP contribution in [0.25, 0.3) is 0 Å². The van der Waals surface area contributed by atoms with E-state index in [1.807, 2.05) is 13.8 Å². The van der Waals surface area contributed by atoms with Crippen molar-refractivity contribution in [1.29, 1.82) is 0 Å². The Morgan fingerprint density at radius 2 is 2.14 bits per heavy atom. The van der Waals surface area contributed by atoms with Crippen LogP contribution < -0.4 is 5.73 Å². The van der Waals surface area contributed by atoms with Crippen LogP contribution in [0.5, 0.6) is 0 Å². The summed E-state index contributed by atoms with van der Waals surface area (Å²) in [5.41, 5.74) is 6.29. The van der Waals surface area contributed by atoms with Crippen LogP contribution in [-0.2, 0) is 6.54 Å². The number of hydrogen-bond acceptors (Lipinski definition) is 6. The van der Waals surface area contributed by atoms with Crippen molar-refractivity contribution < 1.29 is 4.79 Å². The summed E-state index contributed by atoms with van der Waals surface area (Å²) in [6, 6.07) is 0. The van der Waals surface area contributed by atoms with Crippen molar-refractivity contribution in [2.24, 2.45) is 0 Å². The molecule has 0 fully saturated rings. The molecule has 0 bridgehead atoms. The van der Waals surface area contributed by atoms with E-state index >= 15 is 0 Å². The summed E-state index contributed by atoms with van der Waals surface area (Å²) in [7, 11) is 1.66. The molecule has 0 atom stereocenters. The molecule has 0 aliphatic heterocycles. The van der Waals surface area contributed by atoms with E-state index < -0.39 is 0 Å². The van der Waals surface area contributed by atoms with Gasteiger partial charge in [-0.1, -0.05) is 13.8 Å². The number of rotatable bonds is 4. The largest absolute Gasteiger partial charge is 0.396 e. The van der Waals surface area contributed by atoms with Gasteiger partial charge in [0.15, 0.2) is 11.5 Å². The average molecular weight is 289 g/mol. The van der Waals surface area contributed by atoms with Gasteiger partial charge < -0.3 is 10.6 Å². The van der Waals surface area contributed by atoms with E-state index in [-0.39, 0.29) is 29.8 Å². The number of amides is 1. The first-order chi connectivity index (χ1) is 9.88. The summed E-state index contributed by atoms with van der Waals surface area (Å²) >= 11 is 0. The van der Waals surface area contributed by atoms with Crippen molar-refractivity contribution in [2.45, 2.75) is 33.2 Å². The van der Waals surface area contributed by atoms with E-state index in [0.717, 1.165) is 0 Å². The summed E-state index contributed by atoms with van der Waals surface area (Å²) < 4.78 is 0. The van der Waals surface area contributed by atoms with Crippen molar-refractivity contribution in [3.05, 3.63) is 29.4 Å². The summed E-state index contributed by atoms with van der Waals surface area (Å²) in [4.78, 5) is 26.5. The molecule has 8 heteroatoms. The van der Waals surface area contributed by atoms with E-state index in [0.29, 0.717) is 17.5 Å². The molecule has 2 heterocycles. The molecule has 0 spiro atoms. The second kappa shape index (κ2) is 5.86. The predicted octanol–water partition coefficient (Wildman–Crippen LogP) is 0.881. The second-order valence-corrected chi connectivity index (χ2v) is 5.19. The maximum Gasteiger partial charge on any atom is 0.274 e. The molecule has 0 saturated heterocycles. The first-order valence-corrected chi connectivity index (χ1v) is 6.64. The van der Waals surface area contributed by atoms with Crippen LogP contribution in [0.3, 0.4) is 0 Å². The average Bonchev–Trinajstić information content (AvgIpc) is 2.83. The highest BCUT2D eigenvalue weighted by Crippen LogP contribution is 2.15. The quantitative estimate of drug-likeness (QED) is 0.863. The molecule has 3 N–H and O–H groups in total. The van der Waals surface area contributed by atoms with Gasteiger partial charge in [0.25, 0.3) is 5.91 Å². The lowest BCUT2D eigenvalue weighted by molar-refractivity contribution is 0.0776. The molecule has 0 radical (unpaired) electrons. The summed E-state index contributed by atoms with van der Waals surface area (Å²) in [5, 5.41) is 6.74.